The van der Waals surface area contributed by atoms with E-state index in [1.165, 1.54) is 106 Å². The zero-order valence-corrected chi connectivity index (χ0v) is 48.9. The Kier molecular flexibility index (Phi) is 11.4. The van der Waals surface area contributed by atoms with Crippen molar-refractivity contribution in [2.24, 2.45) is 0 Å². The molecule has 0 aliphatic heterocycles. The summed E-state index contributed by atoms with van der Waals surface area (Å²) in [5.74, 6) is -0.538. The minimum Gasteiger partial charge on any atom is -0.311 e. The molecule has 2 aromatic heterocycles. The Balaban J connectivity index is 0.921. The molecular weight excluding hydrogens is 1050 g/mol. The van der Waals surface area contributed by atoms with Crippen LogP contribution in [0.25, 0.3) is 82.6 Å². The average molecular weight is 1110 g/mol. The number of rotatable bonds is 8. The van der Waals surface area contributed by atoms with Crippen LogP contribution in [0, 0.1) is 11.6 Å². The lowest BCUT2D eigenvalue weighted by Crippen LogP contribution is -2.26. The van der Waals surface area contributed by atoms with Gasteiger partial charge in [-0.2, -0.15) is 0 Å². The summed E-state index contributed by atoms with van der Waals surface area (Å²) in [6.45, 7) is 13.4. The summed E-state index contributed by atoms with van der Waals surface area (Å²) in [6.07, 6.45) is 0. The van der Waals surface area contributed by atoms with Gasteiger partial charge in [-0.15, -0.1) is 0 Å². The maximum Gasteiger partial charge on any atom is 0.123 e. The molecule has 0 fully saturated rings. The Morgan fingerprint density at radius 2 is 0.756 bits per heavy atom. The second kappa shape index (κ2) is 19.0. The predicted molar refractivity (Wildman–Crippen MR) is 355 cm³/mol. The second-order valence-electron chi connectivity index (χ2n) is 25.5. The van der Waals surface area contributed by atoms with Crippen LogP contribution in [0.2, 0.25) is 0 Å². The molecular formula is C81H61F2N3. The second-order valence-corrected chi connectivity index (χ2v) is 25.5. The fourth-order valence-corrected chi connectivity index (χ4v) is 14.5. The molecule has 1 spiro atoms. The van der Waals surface area contributed by atoms with Gasteiger partial charge in [-0.05, 0) is 198 Å². The van der Waals surface area contributed by atoms with Crippen molar-refractivity contribution in [3.63, 3.8) is 0 Å². The lowest BCUT2D eigenvalue weighted by Gasteiger charge is -2.31. The number of halogens is 2. The number of hydrogen-bond acceptors (Lipinski definition) is 2. The number of nitrogens with zero attached hydrogens (tertiary/aromatic N) is 3. The first-order valence-electron chi connectivity index (χ1n) is 29.9. The molecule has 0 radical (unpaired) electrons. The van der Waals surface area contributed by atoms with E-state index in [1.807, 2.05) is 24.3 Å². The van der Waals surface area contributed by atoms with Crippen molar-refractivity contribution in [2.75, 3.05) is 9.80 Å². The molecule has 16 rings (SSSR count). The maximum absolute atomic E-state index is 14.6. The van der Waals surface area contributed by atoms with Gasteiger partial charge in [-0.3, -0.25) is 0 Å². The topological polar surface area (TPSA) is 10.9 Å². The molecule has 3 nitrogen and oxygen atoms in total. The van der Waals surface area contributed by atoms with E-state index < -0.39 is 5.41 Å². The number of fused-ring (bicyclic) bond motifs is 17. The summed E-state index contributed by atoms with van der Waals surface area (Å²) < 4.78 is 31.7. The van der Waals surface area contributed by atoms with Crippen LogP contribution in [0.3, 0.4) is 0 Å². The Labute approximate surface area is 500 Å². The fourth-order valence-electron chi connectivity index (χ4n) is 14.5. The summed E-state index contributed by atoms with van der Waals surface area (Å²) in [7, 11) is 0. The zero-order valence-electron chi connectivity index (χ0n) is 48.9. The Hall–Kier alpha value is -10.1. The Morgan fingerprint density at radius 3 is 1.28 bits per heavy atom. The van der Waals surface area contributed by atoms with Gasteiger partial charge in [-0.1, -0.05) is 187 Å². The number of hydrogen-bond donors (Lipinski definition) is 0. The van der Waals surface area contributed by atoms with Crippen molar-refractivity contribution in [3.8, 4) is 44.5 Å². The van der Waals surface area contributed by atoms with Crippen molar-refractivity contribution in [2.45, 2.75) is 57.8 Å². The SMILES string of the molecule is CC(C)(C)c1ccc(N(c2ccc(F)cc2)c2ccc(-c3ccc4c(c3)C3(c5ccccc5-c5ccccc53)c3cc(-c5ccc(N(c6ccc(F)cc6)c6ccc(C(C)(C)C)cc6)cc5)c5c6cccc7c8ccccc8n(c5c3-4)c76)cc2)cc1. The maximum atomic E-state index is 14.6. The molecule has 5 heteroatoms. The first kappa shape index (κ1) is 51.5. The van der Waals surface area contributed by atoms with Crippen LogP contribution in [0.5, 0.6) is 0 Å². The third-order valence-corrected chi connectivity index (χ3v) is 18.6. The van der Waals surface area contributed by atoms with Crippen LogP contribution < -0.4 is 9.80 Å². The first-order chi connectivity index (χ1) is 41.7. The van der Waals surface area contributed by atoms with Gasteiger partial charge in [0.1, 0.15) is 11.6 Å². The lowest BCUT2D eigenvalue weighted by atomic mass is 9.69. The van der Waals surface area contributed by atoms with Crippen LogP contribution in [0.4, 0.5) is 42.9 Å². The van der Waals surface area contributed by atoms with Gasteiger partial charge < -0.3 is 14.2 Å². The van der Waals surface area contributed by atoms with Gasteiger partial charge in [-0.25, -0.2) is 8.78 Å². The molecule has 86 heavy (non-hydrogen) atoms. The average Bonchev–Trinajstić information content (AvgIpc) is 1.54. The molecule has 0 bridgehead atoms. The molecule has 0 unspecified atom stereocenters. The largest absolute Gasteiger partial charge is 0.311 e. The Bertz CT molecular complexity index is 4940. The van der Waals surface area contributed by atoms with Gasteiger partial charge >= 0.3 is 0 Å². The van der Waals surface area contributed by atoms with E-state index in [0.717, 1.165) is 56.4 Å². The summed E-state index contributed by atoms with van der Waals surface area (Å²) >= 11 is 0. The molecule has 12 aromatic carbocycles. The Morgan fingerprint density at radius 1 is 0.326 bits per heavy atom. The summed E-state index contributed by atoms with van der Waals surface area (Å²) in [6, 6.07) is 92.6. The lowest BCUT2D eigenvalue weighted by molar-refractivity contribution is 0.590. The highest BCUT2D eigenvalue weighted by Crippen LogP contribution is 2.66. The highest BCUT2D eigenvalue weighted by molar-refractivity contribution is 6.29. The number of para-hydroxylation sites is 2. The van der Waals surface area contributed by atoms with Gasteiger partial charge in [0.2, 0.25) is 0 Å². The monoisotopic (exact) mass is 1110 g/mol. The molecule has 0 atom stereocenters. The molecule has 414 valence electrons. The van der Waals surface area contributed by atoms with E-state index >= 15 is 0 Å². The first-order valence-corrected chi connectivity index (χ1v) is 29.9. The molecule has 14 aromatic rings. The minimum atomic E-state index is -0.689. The van der Waals surface area contributed by atoms with Crippen molar-refractivity contribution >= 4 is 72.2 Å². The fraction of sp³-hybridized carbons (Fsp3) is 0.111. The molecule has 2 heterocycles. The van der Waals surface area contributed by atoms with Gasteiger partial charge in [0.05, 0.1) is 22.0 Å². The van der Waals surface area contributed by atoms with Crippen LogP contribution in [-0.4, -0.2) is 4.40 Å². The molecule has 0 N–H and O–H groups in total. The summed E-state index contributed by atoms with van der Waals surface area (Å²) in [4.78, 5) is 4.42. The highest BCUT2D eigenvalue weighted by Gasteiger charge is 2.53. The normalized spacial score (nSPS) is 13.2. The number of anilines is 6. The number of aromatic nitrogens is 1. The summed E-state index contributed by atoms with van der Waals surface area (Å²) in [5, 5.41) is 4.91. The van der Waals surface area contributed by atoms with Crippen molar-refractivity contribution in [1.29, 1.82) is 0 Å². The van der Waals surface area contributed by atoms with E-state index in [1.54, 1.807) is 12.1 Å². The molecule has 2 aliphatic carbocycles. The third kappa shape index (κ3) is 7.70. The van der Waals surface area contributed by atoms with Gasteiger partial charge in [0.25, 0.3) is 0 Å². The van der Waals surface area contributed by atoms with Crippen LogP contribution in [-0.2, 0) is 16.2 Å². The smallest absolute Gasteiger partial charge is 0.123 e. The van der Waals surface area contributed by atoms with E-state index in [4.69, 9.17) is 0 Å². The van der Waals surface area contributed by atoms with Gasteiger partial charge in [0.15, 0.2) is 0 Å². The van der Waals surface area contributed by atoms with Crippen molar-refractivity contribution in [3.05, 3.63) is 306 Å². The molecule has 0 amide bonds. The summed E-state index contributed by atoms with van der Waals surface area (Å²) in [5.41, 5.74) is 25.6. The molecule has 0 saturated heterocycles. The quantitative estimate of drug-likeness (QED) is 0.150. The third-order valence-electron chi connectivity index (χ3n) is 18.6. The van der Waals surface area contributed by atoms with Crippen LogP contribution >= 0.6 is 0 Å². The van der Waals surface area contributed by atoms with Crippen molar-refractivity contribution < 1.29 is 8.78 Å². The zero-order chi connectivity index (χ0) is 58.4. The standard InChI is InChI=1S/C81H61F2N3/c1-79(2,3)53-27-39-59(40-28-53)84(61-43-31-55(82)32-44-61)57-35-22-50(23-36-57)52-26-47-67-72(48-52)81(70-19-10-7-14-63(70)64-15-8-11-20-71(64)81)73-49-69(75-68-18-13-17-66-65-16-9-12-21-74(65)86(77(66)68)78(75)76(67)73)51-24-37-58(38-25-51)85(62-45-33-56(83)34-46-62)60-41-29-54(30-42-60)80(4,5)6/h7-49H,1-6H3. The van der Waals surface area contributed by atoms with Gasteiger partial charge in [0, 0.05) is 61.2 Å². The van der Waals surface area contributed by atoms with Crippen molar-refractivity contribution in [1.82, 2.24) is 4.40 Å². The van der Waals surface area contributed by atoms with E-state index in [2.05, 4.69) is 268 Å². The van der Waals surface area contributed by atoms with E-state index in [9.17, 15) is 8.78 Å². The highest BCUT2D eigenvalue weighted by atomic mass is 19.1. The van der Waals surface area contributed by atoms with E-state index in [0.29, 0.717) is 0 Å². The minimum absolute atomic E-state index is 0.000232. The van der Waals surface area contributed by atoms with Crippen LogP contribution in [0.15, 0.2) is 261 Å². The molecule has 2 aliphatic rings. The predicted octanol–water partition coefficient (Wildman–Crippen LogP) is 22.3. The molecule has 0 saturated carbocycles. The van der Waals surface area contributed by atoms with E-state index in [-0.39, 0.29) is 22.5 Å². The number of benzene rings is 12. The van der Waals surface area contributed by atoms with Crippen LogP contribution in [0.1, 0.15) is 74.9 Å².